The van der Waals surface area contributed by atoms with E-state index < -0.39 is 5.54 Å². The molecule has 0 aromatic heterocycles. The zero-order valence-electron chi connectivity index (χ0n) is 9.53. The van der Waals surface area contributed by atoms with Gasteiger partial charge in [0.05, 0.1) is 18.8 Å². The number of carbonyl (C=O) groups is 1. The van der Waals surface area contributed by atoms with E-state index in [1.54, 1.807) is 19.1 Å². The van der Waals surface area contributed by atoms with Gasteiger partial charge >= 0.3 is 0 Å². The summed E-state index contributed by atoms with van der Waals surface area (Å²) in [7, 11) is 0. The van der Waals surface area contributed by atoms with E-state index >= 15 is 0 Å². The molecule has 0 aliphatic rings. The van der Waals surface area contributed by atoms with Crippen LogP contribution in [0.15, 0.2) is 24.3 Å². The van der Waals surface area contributed by atoms with Crippen molar-refractivity contribution in [3.63, 3.8) is 0 Å². The maximum absolute atomic E-state index is 11.8. The first-order valence-electron chi connectivity index (χ1n) is 5.12. The zero-order chi connectivity index (χ0) is 12.2. The molecule has 0 atom stereocenters. The van der Waals surface area contributed by atoms with Crippen LogP contribution in [0.4, 0.5) is 0 Å². The fourth-order valence-corrected chi connectivity index (χ4v) is 1.18. The van der Waals surface area contributed by atoms with E-state index in [0.29, 0.717) is 5.56 Å². The fourth-order valence-electron chi connectivity index (χ4n) is 1.18. The molecule has 0 unspecified atom stereocenters. The number of carbonyl (C=O) groups excluding carboxylic acids is 1. The Morgan fingerprint density at radius 2 is 1.75 bits per heavy atom. The molecule has 0 saturated carbocycles. The third-order valence-electron chi connectivity index (χ3n) is 2.43. The topological polar surface area (TPSA) is 69.6 Å². The Morgan fingerprint density at radius 1 is 1.25 bits per heavy atom. The third kappa shape index (κ3) is 3.05. The third-order valence-corrected chi connectivity index (χ3v) is 2.43. The van der Waals surface area contributed by atoms with Gasteiger partial charge in [0.15, 0.2) is 0 Å². The summed E-state index contributed by atoms with van der Waals surface area (Å²) >= 11 is 0. The number of benzene rings is 1. The van der Waals surface area contributed by atoms with Crippen molar-refractivity contribution in [1.82, 2.24) is 5.32 Å². The van der Waals surface area contributed by atoms with E-state index in [9.17, 15) is 4.79 Å². The van der Waals surface area contributed by atoms with Gasteiger partial charge in [0.25, 0.3) is 5.91 Å². The van der Waals surface area contributed by atoms with E-state index in [1.807, 2.05) is 19.1 Å². The average molecular weight is 223 g/mol. The van der Waals surface area contributed by atoms with Crippen LogP contribution in [0, 0.1) is 6.92 Å². The van der Waals surface area contributed by atoms with Gasteiger partial charge in [-0.2, -0.15) is 0 Å². The molecule has 1 aromatic carbocycles. The first-order valence-corrected chi connectivity index (χ1v) is 5.12. The van der Waals surface area contributed by atoms with E-state index in [4.69, 9.17) is 10.2 Å². The van der Waals surface area contributed by atoms with Crippen molar-refractivity contribution in [3.8, 4) is 0 Å². The Labute approximate surface area is 94.9 Å². The molecule has 3 N–H and O–H groups in total. The van der Waals surface area contributed by atoms with E-state index in [1.165, 1.54) is 0 Å². The minimum absolute atomic E-state index is 0.300. The van der Waals surface area contributed by atoms with Gasteiger partial charge in [0, 0.05) is 5.56 Å². The predicted molar refractivity (Wildman–Crippen MR) is 61.2 cm³/mol. The van der Waals surface area contributed by atoms with Crippen molar-refractivity contribution >= 4 is 5.91 Å². The summed E-state index contributed by atoms with van der Waals surface area (Å²) in [5, 5.41) is 20.7. The maximum atomic E-state index is 11.8. The first kappa shape index (κ1) is 12.7. The summed E-state index contributed by atoms with van der Waals surface area (Å²) in [5.74, 6) is -0.300. The van der Waals surface area contributed by atoms with Gasteiger partial charge in [0.1, 0.15) is 0 Å². The van der Waals surface area contributed by atoms with Crippen LogP contribution in [0.1, 0.15) is 22.8 Å². The standard InChI is InChI=1S/C12H17NO3/c1-9-3-5-10(6-4-9)11(16)13-12(2,7-14)8-15/h3-6,14-15H,7-8H2,1-2H3,(H,13,16). The summed E-state index contributed by atoms with van der Waals surface area (Å²) in [5.41, 5.74) is 0.601. The highest BCUT2D eigenvalue weighted by atomic mass is 16.3. The first-order chi connectivity index (χ1) is 7.50. The highest BCUT2D eigenvalue weighted by Gasteiger charge is 2.24. The molecule has 0 aliphatic carbocycles. The number of hydrogen-bond acceptors (Lipinski definition) is 3. The molecule has 0 aliphatic heterocycles. The van der Waals surface area contributed by atoms with Gasteiger partial charge in [-0.05, 0) is 26.0 Å². The Balaban J connectivity index is 2.76. The fraction of sp³-hybridized carbons (Fsp3) is 0.417. The van der Waals surface area contributed by atoms with Crippen molar-refractivity contribution < 1.29 is 15.0 Å². The number of rotatable bonds is 4. The molecule has 0 spiro atoms. The summed E-state index contributed by atoms with van der Waals surface area (Å²) in [6, 6.07) is 7.09. The summed E-state index contributed by atoms with van der Waals surface area (Å²) in [6.45, 7) is 2.91. The van der Waals surface area contributed by atoms with Crippen LogP contribution < -0.4 is 5.32 Å². The number of nitrogens with one attached hydrogen (secondary N) is 1. The van der Waals surface area contributed by atoms with Crippen molar-refractivity contribution in [2.45, 2.75) is 19.4 Å². The van der Waals surface area contributed by atoms with E-state index in [0.717, 1.165) is 5.56 Å². The van der Waals surface area contributed by atoms with Gasteiger partial charge in [-0.3, -0.25) is 4.79 Å². The van der Waals surface area contributed by atoms with Crippen molar-refractivity contribution in [2.24, 2.45) is 0 Å². The van der Waals surface area contributed by atoms with E-state index in [2.05, 4.69) is 5.32 Å². The van der Waals surface area contributed by atoms with Crippen LogP contribution >= 0.6 is 0 Å². The lowest BCUT2D eigenvalue weighted by atomic mass is 10.0. The number of amides is 1. The molecule has 1 amide bonds. The molecule has 4 heteroatoms. The minimum Gasteiger partial charge on any atom is -0.394 e. The molecule has 0 saturated heterocycles. The maximum Gasteiger partial charge on any atom is 0.251 e. The van der Waals surface area contributed by atoms with E-state index in [-0.39, 0.29) is 19.1 Å². The smallest absolute Gasteiger partial charge is 0.251 e. The number of aliphatic hydroxyl groups is 2. The molecule has 1 rings (SSSR count). The molecule has 88 valence electrons. The van der Waals surface area contributed by atoms with Crippen LogP contribution in [-0.4, -0.2) is 34.9 Å². The average Bonchev–Trinajstić information content (AvgIpc) is 2.29. The normalized spacial score (nSPS) is 11.2. The molecule has 0 fully saturated rings. The monoisotopic (exact) mass is 223 g/mol. The molecule has 0 radical (unpaired) electrons. The van der Waals surface area contributed by atoms with Gasteiger partial charge < -0.3 is 15.5 Å². The molecule has 16 heavy (non-hydrogen) atoms. The second-order valence-corrected chi connectivity index (χ2v) is 4.20. The van der Waals surface area contributed by atoms with Gasteiger partial charge in [-0.25, -0.2) is 0 Å². The van der Waals surface area contributed by atoms with Crippen LogP contribution in [0.2, 0.25) is 0 Å². The Bertz CT molecular complexity index is 355. The van der Waals surface area contributed by atoms with Gasteiger partial charge in [-0.1, -0.05) is 17.7 Å². The molecular formula is C12H17NO3. The molecule has 0 heterocycles. The summed E-state index contributed by atoms with van der Waals surface area (Å²) < 4.78 is 0. The number of hydrogen-bond donors (Lipinski definition) is 3. The predicted octanol–water partition coefficient (Wildman–Crippen LogP) is 0.468. The van der Waals surface area contributed by atoms with Crippen LogP contribution in [0.5, 0.6) is 0 Å². The number of aryl methyl sites for hydroxylation is 1. The molecule has 1 aromatic rings. The summed E-state index contributed by atoms with van der Waals surface area (Å²) in [6.07, 6.45) is 0. The lowest BCUT2D eigenvalue weighted by Crippen LogP contribution is -2.51. The van der Waals surface area contributed by atoms with Crippen molar-refractivity contribution in [3.05, 3.63) is 35.4 Å². The quantitative estimate of drug-likeness (QED) is 0.695. The highest BCUT2D eigenvalue weighted by Crippen LogP contribution is 2.06. The molecule has 0 bridgehead atoms. The Morgan fingerprint density at radius 3 is 2.19 bits per heavy atom. The Hall–Kier alpha value is -1.39. The SMILES string of the molecule is Cc1ccc(C(=O)NC(C)(CO)CO)cc1. The summed E-state index contributed by atoms with van der Waals surface area (Å²) in [4.78, 5) is 11.8. The van der Waals surface area contributed by atoms with Crippen LogP contribution in [0.25, 0.3) is 0 Å². The second-order valence-electron chi connectivity index (χ2n) is 4.20. The molecular weight excluding hydrogens is 206 g/mol. The number of aliphatic hydroxyl groups excluding tert-OH is 2. The van der Waals surface area contributed by atoms with Gasteiger partial charge in [0.2, 0.25) is 0 Å². The van der Waals surface area contributed by atoms with Gasteiger partial charge in [-0.15, -0.1) is 0 Å². The lowest BCUT2D eigenvalue weighted by Gasteiger charge is -2.26. The second kappa shape index (κ2) is 5.09. The zero-order valence-corrected chi connectivity index (χ0v) is 9.53. The minimum atomic E-state index is -0.984. The van der Waals surface area contributed by atoms with Crippen LogP contribution in [0.3, 0.4) is 0 Å². The van der Waals surface area contributed by atoms with Crippen LogP contribution in [-0.2, 0) is 0 Å². The largest absolute Gasteiger partial charge is 0.394 e. The van der Waals surface area contributed by atoms with Crippen molar-refractivity contribution in [1.29, 1.82) is 0 Å². The Kier molecular flexibility index (Phi) is 4.04. The highest BCUT2D eigenvalue weighted by molar-refractivity contribution is 5.94. The van der Waals surface area contributed by atoms with Crippen molar-refractivity contribution in [2.75, 3.05) is 13.2 Å². The molecule has 4 nitrogen and oxygen atoms in total. The lowest BCUT2D eigenvalue weighted by molar-refractivity contribution is 0.0724.